The molecule has 10 heteroatoms. The average Bonchev–Trinajstić information content (AvgIpc) is 2.92. The van der Waals surface area contributed by atoms with Crippen molar-refractivity contribution in [3.63, 3.8) is 0 Å². The molecule has 0 bridgehead atoms. The van der Waals surface area contributed by atoms with Crippen molar-refractivity contribution >= 4 is 79.9 Å². The van der Waals surface area contributed by atoms with Crippen LogP contribution in [-0.2, 0) is 11.3 Å². The van der Waals surface area contributed by atoms with Crippen molar-refractivity contribution in [2.24, 2.45) is 0 Å². The topological polar surface area (TPSA) is 89.8 Å². The molecule has 0 atom stereocenters. The predicted molar refractivity (Wildman–Crippen MR) is 128 cm³/mol. The van der Waals surface area contributed by atoms with Gasteiger partial charge < -0.3 is 4.74 Å². The van der Waals surface area contributed by atoms with Crippen LogP contribution in [0, 0.1) is 17.3 Å². The number of nitrogens with zero attached hydrogens (tertiary/aromatic N) is 2. The molecule has 0 unspecified atom stereocenters. The molecule has 1 saturated heterocycles. The Kier molecular flexibility index (Phi) is 7.16. The van der Waals surface area contributed by atoms with Crippen molar-refractivity contribution in [2.45, 2.75) is 13.5 Å². The van der Waals surface area contributed by atoms with Crippen LogP contribution < -0.4 is 4.74 Å². The fraction of sp³-hybridized carbons (Fsp3) is 0.158. The van der Waals surface area contributed by atoms with Gasteiger partial charge in [0.05, 0.1) is 30.1 Å². The van der Waals surface area contributed by atoms with E-state index in [0.717, 1.165) is 35.1 Å². The van der Waals surface area contributed by atoms with Gasteiger partial charge in [0.25, 0.3) is 16.8 Å². The predicted octanol–water partition coefficient (Wildman–Crippen LogP) is 5.44. The van der Waals surface area contributed by atoms with Crippen molar-refractivity contribution in [1.82, 2.24) is 4.90 Å². The summed E-state index contributed by atoms with van der Waals surface area (Å²) in [5, 5.41) is 10.4. The molecule has 1 aliphatic heterocycles. The highest BCUT2D eigenvalue weighted by Gasteiger charge is 2.35. The number of hydrogen-bond acceptors (Lipinski definition) is 6. The smallest absolute Gasteiger partial charge is 0.293 e. The molecule has 29 heavy (non-hydrogen) atoms. The molecule has 7 nitrogen and oxygen atoms in total. The second-order valence-corrected chi connectivity index (χ2v) is 9.26. The largest absolute Gasteiger partial charge is 0.492 e. The van der Waals surface area contributed by atoms with E-state index in [1.165, 1.54) is 12.1 Å². The van der Waals surface area contributed by atoms with Crippen molar-refractivity contribution in [3.05, 3.63) is 69.7 Å². The zero-order chi connectivity index (χ0) is 21.1. The summed E-state index contributed by atoms with van der Waals surface area (Å²) in [5.41, 5.74) is 1.41. The number of amides is 2. The van der Waals surface area contributed by atoms with Crippen LogP contribution in [0.2, 0.25) is 0 Å². The number of rotatable bonds is 6. The fourth-order valence-corrected chi connectivity index (χ4v) is 5.60. The number of nitro benzene ring substituents is 1. The van der Waals surface area contributed by atoms with Crippen molar-refractivity contribution in [2.75, 3.05) is 6.61 Å². The first-order chi connectivity index (χ1) is 13.8. The number of carbonyl (C=O) groups excluding carboxylic acids is 2. The summed E-state index contributed by atoms with van der Waals surface area (Å²) in [4.78, 5) is 36.8. The molecule has 1 fully saturated rings. The molecular weight excluding hydrogens is 622 g/mol. The lowest BCUT2D eigenvalue weighted by Crippen LogP contribution is -2.27. The van der Waals surface area contributed by atoms with E-state index in [1.54, 1.807) is 18.2 Å². The van der Waals surface area contributed by atoms with E-state index in [1.807, 2.05) is 19.1 Å². The average molecular weight is 636 g/mol. The second-order valence-electron chi connectivity index (χ2n) is 5.94. The van der Waals surface area contributed by atoms with E-state index >= 15 is 0 Å². The number of ether oxygens (including phenoxy) is 1. The van der Waals surface area contributed by atoms with Gasteiger partial charge in [-0.1, -0.05) is 12.1 Å². The number of imide groups is 1. The first kappa shape index (κ1) is 22.0. The van der Waals surface area contributed by atoms with Crippen LogP contribution in [0.25, 0.3) is 6.08 Å². The van der Waals surface area contributed by atoms with Gasteiger partial charge in [-0.3, -0.25) is 24.6 Å². The van der Waals surface area contributed by atoms with Gasteiger partial charge in [-0.25, -0.2) is 0 Å². The monoisotopic (exact) mass is 636 g/mol. The van der Waals surface area contributed by atoms with Gasteiger partial charge in [-0.15, -0.1) is 0 Å². The SMILES string of the molecule is CCOc1c(I)cc(/C=C2\SC(=O)N(Cc3ccc([N+](=O)[O-])cc3)C2=O)cc1I. The maximum atomic E-state index is 12.7. The second kappa shape index (κ2) is 9.43. The molecular formula is C19H14I2N2O5S. The van der Waals surface area contributed by atoms with Gasteiger partial charge in [0.2, 0.25) is 0 Å². The summed E-state index contributed by atoms with van der Waals surface area (Å²) in [6, 6.07) is 9.60. The Morgan fingerprint density at radius 2 is 1.79 bits per heavy atom. The highest BCUT2D eigenvalue weighted by Crippen LogP contribution is 2.35. The Bertz CT molecular complexity index is 1000. The Labute approximate surface area is 198 Å². The summed E-state index contributed by atoms with van der Waals surface area (Å²) in [6.45, 7) is 2.55. The third-order valence-electron chi connectivity index (χ3n) is 3.97. The Morgan fingerprint density at radius 1 is 1.17 bits per heavy atom. The van der Waals surface area contributed by atoms with Crippen molar-refractivity contribution in [1.29, 1.82) is 0 Å². The molecule has 2 aromatic carbocycles. The Balaban J connectivity index is 1.80. The molecule has 0 aromatic heterocycles. The molecule has 2 amide bonds. The number of nitro groups is 1. The number of halogens is 2. The molecule has 1 heterocycles. The minimum atomic E-state index is -0.494. The summed E-state index contributed by atoms with van der Waals surface area (Å²) in [6.07, 6.45) is 1.70. The molecule has 0 radical (unpaired) electrons. The zero-order valence-electron chi connectivity index (χ0n) is 15.1. The lowest BCUT2D eigenvalue weighted by molar-refractivity contribution is -0.384. The van der Waals surface area contributed by atoms with E-state index in [0.29, 0.717) is 17.1 Å². The molecule has 2 aromatic rings. The van der Waals surface area contributed by atoms with Crippen LogP contribution in [0.3, 0.4) is 0 Å². The standard InChI is InChI=1S/C19H14I2N2O5S/c1-2-28-17-14(20)7-12(8-15(17)21)9-16-18(24)22(19(25)29-16)10-11-3-5-13(6-4-11)23(26)27/h3-9H,2,10H2,1H3/b16-9-. The van der Waals surface area contributed by atoms with E-state index < -0.39 is 4.92 Å². The van der Waals surface area contributed by atoms with Gasteiger partial charge >= 0.3 is 0 Å². The fourth-order valence-electron chi connectivity index (χ4n) is 2.64. The highest BCUT2D eigenvalue weighted by atomic mass is 127. The Hall–Kier alpha value is -1.67. The van der Waals surface area contributed by atoms with Crippen LogP contribution in [0.5, 0.6) is 5.75 Å². The van der Waals surface area contributed by atoms with Crippen LogP contribution in [0.15, 0.2) is 41.3 Å². The first-order valence-electron chi connectivity index (χ1n) is 8.40. The number of hydrogen-bond donors (Lipinski definition) is 0. The summed E-state index contributed by atoms with van der Waals surface area (Å²) >= 11 is 5.25. The summed E-state index contributed by atoms with van der Waals surface area (Å²) in [5.74, 6) is 0.425. The lowest BCUT2D eigenvalue weighted by Gasteiger charge is -2.12. The van der Waals surface area contributed by atoms with Gasteiger partial charge in [0.1, 0.15) is 5.75 Å². The Morgan fingerprint density at radius 3 is 2.34 bits per heavy atom. The minimum Gasteiger partial charge on any atom is -0.492 e. The molecule has 0 saturated carbocycles. The molecule has 0 N–H and O–H groups in total. The molecule has 1 aliphatic rings. The number of thioether (sulfide) groups is 1. The van der Waals surface area contributed by atoms with Crippen LogP contribution in [-0.4, -0.2) is 27.6 Å². The lowest BCUT2D eigenvalue weighted by atomic mass is 10.2. The summed E-state index contributed by atoms with van der Waals surface area (Å²) < 4.78 is 7.47. The van der Waals surface area contributed by atoms with Gasteiger partial charge in [0.15, 0.2) is 0 Å². The van der Waals surface area contributed by atoms with Gasteiger partial charge in [-0.2, -0.15) is 0 Å². The normalized spacial score (nSPS) is 15.3. The van der Waals surface area contributed by atoms with Crippen molar-refractivity contribution in [3.8, 4) is 5.75 Å². The third-order valence-corrected chi connectivity index (χ3v) is 6.48. The number of non-ortho nitro benzene ring substituents is 1. The molecule has 0 spiro atoms. The highest BCUT2D eigenvalue weighted by molar-refractivity contribution is 14.1. The minimum absolute atomic E-state index is 0.0394. The van der Waals surface area contributed by atoms with Crippen LogP contribution in [0.1, 0.15) is 18.1 Å². The van der Waals surface area contributed by atoms with Gasteiger partial charge in [0, 0.05) is 12.1 Å². The maximum absolute atomic E-state index is 12.7. The zero-order valence-corrected chi connectivity index (χ0v) is 20.2. The third kappa shape index (κ3) is 5.09. The van der Waals surface area contributed by atoms with E-state index in [-0.39, 0.29) is 23.4 Å². The van der Waals surface area contributed by atoms with Crippen LogP contribution in [0.4, 0.5) is 10.5 Å². The molecule has 0 aliphatic carbocycles. The molecule has 150 valence electrons. The molecule has 3 rings (SSSR count). The van der Waals surface area contributed by atoms with Crippen LogP contribution >= 0.6 is 56.9 Å². The maximum Gasteiger partial charge on any atom is 0.293 e. The quantitative estimate of drug-likeness (QED) is 0.182. The van der Waals surface area contributed by atoms with E-state index in [4.69, 9.17) is 4.74 Å². The van der Waals surface area contributed by atoms with Crippen molar-refractivity contribution < 1.29 is 19.2 Å². The van der Waals surface area contributed by atoms with E-state index in [2.05, 4.69) is 45.2 Å². The van der Waals surface area contributed by atoms with E-state index in [9.17, 15) is 19.7 Å². The number of benzene rings is 2. The number of carbonyl (C=O) groups is 2. The van der Waals surface area contributed by atoms with Gasteiger partial charge in [-0.05, 0) is 93.2 Å². The first-order valence-corrected chi connectivity index (χ1v) is 11.4. The summed E-state index contributed by atoms with van der Waals surface area (Å²) in [7, 11) is 0.